The van der Waals surface area contributed by atoms with Crippen LogP contribution >= 0.6 is 0 Å². The molecule has 2 aromatic carbocycles. The number of esters is 1. The lowest BCUT2D eigenvalue weighted by molar-refractivity contribution is -0.136. The molecule has 0 aromatic heterocycles. The number of carbonyl (C=O) groups excluding carboxylic acids is 2. The van der Waals surface area contributed by atoms with Crippen molar-refractivity contribution < 1.29 is 14.3 Å². The van der Waals surface area contributed by atoms with Gasteiger partial charge in [0, 0.05) is 44.1 Å². The lowest BCUT2D eigenvalue weighted by Crippen LogP contribution is -2.51. The standard InChI is InChI=1S/C23H26N4O3/c1-30-22(28)20-19(24-23(29)25-21(20)17-8-4-2-5-9-17)16-26-12-14-27(15-13-26)18-10-6-3-7-11-18/h2-11,21H,12-16H2,1H3,(H2,24,25,29)/t21-/m0/s1. The van der Waals surface area contributed by atoms with Crippen molar-refractivity contribution in [2.45, 2.75) is 6.04 Å². The first-order chi connectivity index (χ1) is 14.7. The molecule has 7 heteroatoms. The van der Waals surface area contributed by atoms with Gasteiger partial charge in [-0.3, -0.25) is 4.90 Å². The number of carbonyl (C=O) groups is 2. The summed E-state index contributed by atoms with van der Waals surface area (Å²) >= 11 is 0. The fraction of sp³-hybridized carbons (Fsp3) is 0.304. The van der Waals surface area contributed by atoms with E-state index in [0.717, 1.165) is 31.7 Å². The second kappa shape index (κ2) is 9.00. The van der Waals surface area contributed by atoms with E-state index in [-0.39, 0.29) is 6.03 Å². The van der Waals surface area contributed by atoms with Crippen LogP contribution in [-0.2, 0) is 9.53 Å². The number of methoxy groups -OCH3 is 1. The third-order valence-corrected chi connectivity index (χ3v) is 5.57. The molecule has 0 unspecified atom stereocenters. The number of rotatable bonds is 5. The van der Waals surface area contributed by atoms with Crippen LogP contribution in [0.15, 0.2) is 71.9 Å². The Labute approximate surface area is 176 Å². The van der Waals surface area contributed by atoms with E-state index in [1.807, 2.05) is 48.5 Å². The van der Waals surface area contributed by atoms with E-state index in [2.05, 4.69) is 32.6 Å². The maximum Gasteiger partial charge on any atom is 0.338 e. The molecule has 2 N–H and O–H groups in total. The molecular weight excluding hydrogens is 380 g/mol. The van der Waals surface area contributed by atoms with Crippen LogP contribution < -0.4 is 15.5 Å². The average molecular weight is 406 g/mol. The van der Waals surface area contributed by atoms with Gasteiger partial charge in [-0.05, 0) is 17.7 Å². The van der Waals surface area contributed by atoms with Crippen LogP contribution in [0.4, 0.5) is 10.5 Å². The van der Waals surface area contributed by atoms with Crippen molar-refractivity contribution >= 4 is 17.7 Å². The van der Waals surface area contributed by atoms with Gasteiger partial charge >= 0.3 is 12.0 Å². The average Bonchev–Trinajstić information content (AvgIpc) is 2.80. The number of urea groups is 1. The molecule has 2 aromatic rings. The minimum Gasteiger partial charge on any atom is -0.466 e. The summed E-state index contributed by atoms with van der Waals surface area (Å²) < 4.78 is 5.06. The van der Waals surface area contributed by atoms with Crippen LogP contribution in [-0.4, -0.2) is 56.7 Å². The van der Waals surface area contributed by atoms with Gasteiger partial charge in [-0.25, -0.2) is 9.59 Å². The van der Waals surface area contributed by atoms with E-state index in [9.17, 15) is 9.59 Å². The first-order valence-corrected chi connectivity index (χ1v) is 10.1. The second-order valence-corrected chi connectivity index (χ2v) is 7.42. The molecule has 1 fully saturated rings. The molecule has 30 heavy (non-hydrogen) atoms. The summed E-state index contributed by atoms with van der Waals surface area (Å²) in [6.45, 7) is 3.94. The van der Waals surface area contributed by atoms with E-state index in [4.69, 9.17) is 4.74 Å². The molecule has 0 radical (unpaired) electrons. The predicted molar refractivity (Wildman–Crippen MR) is 115 cm³/mol. The number of benzene rings is 2. The first-order valence-electron chi connectivity index (χ1n) is 10.1. The fourth-order valence-corrected chi connectivity index (χ4v) is 4.02. The molecule has 2 amide bonds. The van der Waals surface area contributed by atoms with Crippen molar-refractivity contribution in [3.05, 3.63) is 77.5 Å². The van der Waals surface area contributed by atoms with Crippen LogP contribution in [0.25, 0.3) is 0 Å². The van der Waals surface area contributed by atoms with Gasteiger partial charge in [0.1, 0.15) is 0 Å². The fourth-order valence-electron chi connectivity index (χ4n) is 4.02. The molecule has 7 nitrogen and oxygen atoms in total. The first kappa shape index (κ1) is 20.0. The zero-order valence-corrected chi connectivity index (χ0v) is 17.0. The smallest absolute Gasteiger partial charge is 0.338 e. The number of anilines is 1. The van der Waals surface area contributed by atoms with Crippen molar-refractivity contribution in [3.63, 3.8) is 0 Å². The summed E-state index contributed by atoms with van der Waals surface area (Å²) in [5.74, 6) is -0.436. The topological polar surface area (TPSA) is 73.9 Å². The molecule has 0 bridgehead atoms. The Morgan fingerprint density at radius 1 is 1.00 bits per heavy atom. The molecule has 1 atom stereocenters. The quantitative estimate of drug-likeness (QED) is 0.746. The lowest BCUT2D eigenvalue weighted by Gasteiger charge is -2.38. The summed E-state index contributed by atoms with van der Waals surface area (Å²) in [7, 11) is 1.37. The summed E-state index contributed by atoms with van der Waals surface area (Å²) in [6, 6.07) is 19.0. The number of amides is 2. The maximum absolute atomic E-state index is 12.6. The van der Waals surface area contributed by atoms with Crippen LogP contribution in [0, 0.1) is 0 Å². The lowest BCUT2D eigenvalue weighted by atomic mass is 9.95. The maximum atomic E-state index is 12.6. The number of nitrogens with zero attached hydrogens (tertiary/aromatic N) is 2. The van der Waals surface area contributed by atoms with E-state index in [0.29, 0.717) is 17.8 Å². The molecule has 2 aliphatic heterocycles. The number of nitrogens with one attached hydrogen (secondary N) is 2. The van der Waals surface area contributed by atoms with Gasteiger partial charge in [0.25, 0.3) is 0 Å². The number of piperazine rings is 1. The van der Waals surface area contributed by atoms with Crippen molar-refractivity contribution in [2.24, 2.45) is 0 Å². The Bertz CT molecular complexity index is 922. The van der Waals surface area contributed by atoms with Crippen molar-refractivity contribution in [3.8, 4) is 0 Å². The van der Waals surface area contributed by atoms with Crippen molar-refractivity contribution in [1.82, 2.24) is 15.5 Å². The zero-order chi connectivity index (χ0) is 20.9. The minimum atomic E-state index is -0.534. The van der Waals surface area contributed by atoms with Crippen LogP contribution in [0.5, 0.6) is 0 Å². The molecular formula is C23H26N4O3. The summed E-state index contributed by atoms with van der Waals surface area (Å²) in [6.07, 6.45) is 0. The van der Waals surface area contributed by atoms with Crippen molar-refractivity contribution in [2.75, 3.05) is 44.7 Å². The summed E-state index contributed by atoms with van der Waals surface area (Å²) in [4.78, 5) is 29.6. The third kappa shape index (κ3) is 4.31. The van der Waals surface area contributed by atoms with Crippen molar-refractivity contribution in [1.29, 1.82) is 0 Å². The molecule has 156 valence electrons. The van der Waals surface area contributed by atoms with Gasteiger partial charge in [0.2, 0.25) is 0 Å². The molecule has 2 aliphatic rings. The molecule has 0 spiro atoms. The number of ether oxygens (including phenoxy) is 1. The van der Waals surface area contributed by atoms with Crippen LogP contribution in [0.1, 0.15) is 11.6 Å². The SMILES string of the molecule is COC(=O)C1=C(CN2CCN(c3ccccc3)CC2)NC(=O)N[C@H]1c1ccccc1. The van der Waals surface area contributed by atoms with Gasteiger partial charge in [-0.15, -0.1) is 0 Å². The number of hydrogen-bond acceptors (Lipinski definition) is 5. The van der Waals surface area contributed by atoms with Crippen LogP contribution in [0.2, 0.25) is 0 Å². The van der Waals surface area contributed by atoms with Gasteiger partial charge in [-0.1, -0.05) is 48.5 Å². The highest BCUT2D eigenvalue weighted by molar-refractivity contribution is 5.95. The Balaban J connectivity index is 1.54. The monoisotopic (exact) mass is 406 g/mol. The molecule has 4 rings (SSSR count). The van der Waals surface area contributed by atoms with E-state index >= 15 is 0 Å². The van der Waals surface area contributed by atoms with Gasteiger partial charge in [0.15, 0.2) is 0 Å². The number of hydrogen-bond donors (Lipinski definition) is 2. The normalized spacial score (nSPS) is 19.8. The second-order valence-electron chi connectivity index (χ2n) is 7.42. The molecule has 0 saturated carbocycles. The zero-order valence-electron chi connectivity index (χ0n) is 17.0. The third-order valence-electron chi connectivity index (χ3n) is 5.57. The van der Waals surface area contributed by atoms with Gasteiger partial charge in [-0.2, -0.15) is 0 Å². The van der Waals surface area contributed by atoms with Gasteiger partial charge < -0.3 is 20.3 Å². The van der Waals surface area contributed by atoms with E-state index in [1.54, 1.807) is 0 Å². The van der Waals surface area contributed by atoms with E-state index < -0.39 is 12.0 Å². The minimum absolute atomic E-state index is 0.311. The number of para-hydroxylation sites is 1. The molecule has 1 saturated heterocycles. The predicted octanol–water partition coefficient (Wildman–Crippen LogP) is 2.29. The Hall–Kier alpha value is -3.32. The Kier molecular flexibility index (Phi) is 5.99. The van der Waals surface area contributed by atoms with E-state index in [1.165, 1.54) is 12.8 Å². The molecule has 2 heterocycles. The highest BCUT2D eigenvalue weighted by Crippen LogP contribution is 2.28. The van der Waals surface area contributed by atoms with Gasteiger partial charge in [0.05, 0.1) is 18.7 Å². The Morgan fingerprint density at radius 2 is 1.63 bits per heavy atom. The molecule has 0 aliphatic carbocycles. The Morgan fingerprint density at radius 3 is 2.27 bits per heavy atom. The van der Waals surface area contributed by atoms with Crippen LogP contribution in [0.3, 0.4) is 0 Å². The highest BCUT2D eigenvalue weighted by atomic mass is 16.5. The highest BCUT2D eigenvalue weighted by Gasteiger charge is 2.34. The summed E-state index contributed by atoms with van der Waals surface area (Å²) in [5, 5.41) is 5.70. The largest absolute Gasteiger partial charge is 0.466 e. The summed E-state index contributed by atoms with van der Waals surface area (Å²) in [5.41, 5.74) is 3.12.